The van der Waals surface area contributed by atoms with Crippen molar-refractivity contribution in [1.82, 2.24) is 9.78 Å². The average Bonchev–Trinajstić information content (AvgIpc) is 2.78. The molecule has 114 valence electrons. The average molecular weight is 312 g/mol. The molecule has 0 aliphatic heterocycles. The number of rotatable bonds is 7. The van der Waals surface area contributed by atoms with Crippen molar-refractivity contribution in [2.45, 2.75) is 13.0 Å². The second-order valence-corrected chi connectivity index (χ2v) is 6.83. The molecule has 1 aromatic carbocycles. The van der Waals surface area contributed by atoms with Gasteiger partial charge in [0.05, 0.1) is 31.1 Å². The molecule has 0 saturated heterocycles. The van der Waals surface area contributed by atoms with Gasteiger partial charge in [0.2, 0.25) is 5.89 Å². The van der Waals surface area contributed by atoms with Crippen LogP contribution in [0, 0.1) is 0 Å². The van der Waals surface area contributed by atoms with Gasteiger partial charge < -0.3 is 9.52 Å². The number of benzene rings is 1. The highest BCUT2D eigenvalue weighted by Crippen LogP contribution is 2.05. The highest BCUT2D eigenvalue weighted by atomic mass is 32.2. The minimum atomic E-state index is -3.39. The van der Waals surface area contributed by atoms with Crippen molar-refractivity contribution in [1.29, 1.82) is 0 Å². The van der Waals surface area contributed by atoms with Crippen molar-refractivity contribution in [2.75, 3.05) is 18.1 Å². The van der Waals surface area contributed by atoms with Gasteiger partial charge in [0, 0.05) is 0 Å². The Labute approximate surface area is 121 Å². The van der Waals surface area contributed by atoms with E-state index < -0.39 is 22.2 Å². The SMILES string of the molecule is O=c1oc(Cc2ccccc2)nn1CCS(=O)(=O)CCO. The first-order valence-corrected chi connectivity index (χ1v) is 8.24. The number of sulfone groups is 1. The smallest absolute Gasteiger partial charge is 0.395 e. The van der Waals surface area contributed by atoms with Crippen LogP contribution in [0.1, 0.15) is 11.5 Å². The van der Waals surface area contributed by atoms with E-state index in [9.17, 15) is 13.2 Å². The van der Waals surface area contributed by atoms with Crippen molar-refractivity contribution in [3.8, 4) is 0 Å². The number of nitrogens with zero attached hydrogens (tertiary/aromatic N) is 2. The predicted molar refractivity (Wildman–Crippen MR) is 75.8 cm³/mol. The van der Waals surface area contributed by atoms with Crippen LogP contribution in [-0.4, -0.2) is 41.4 Å². The summed E-state index contributed by atoms with van der Waals surface area (Å²) in [5, 5.41) is 12.6. The summed E-state index contributed by atoms with van der Waals surface area (Å²) in [4.78, 5) is 11.6. The van der Waals surface area contributed by atoms with Crippen LogP contribution in [-0.2, 0) is 22.8 Å². The second kappa shape index (κ2) is 6.68. The molecule has 1 aromatic heterocycles. The Kier molecular flexibility index (Phi) is 4.92. The van der Waals surface area contributed by atoms with Gasteiger partial charge in [-0.3, -0.25) is 0 Å². The summed E-state index contributed by atoms with van der Waals surface area (Å²) < 4.78 is 28.9. The van der Waals surface area contributed by atoms with E-state index in [0.717, 1.165) is 10.2 Å². The Hall–Kier alpha value is -1.93. The molecule has 1 N–H and O–H groups in total. The molecular weight excluding hydrogens is 296 g/mol. The van der Waals surface area contributed by atoms with E-state index in [1.54, 1.807) is 0 Å². The van der Waals surface area contributed by atoms with Gasteiger partial charge >= 0.3 is 5.76 Å². The molecule has 0 amide bonds. The fourth-order valence-corrected chi connectivity index (χ4v) is 2.73. The van der Waals surface area contributed by atoms with Crippen molar-refractivity contribution in [2.24, 2.45) is 0 Å². The molecule has 0 aliphatic rings. The van der Waals surface area contributed by atoms with Gasteiger partial charge in [0.15, 0.2) is 9.84 Å². The Morgan fingerprint density at radius 2 is 1.90 bits per heavy atom. The summed E-state index contributed by atoms with van der Waals surface area (Å²) in [6, 6.07) is 9.37. The van der Waals surface area contributed by atoms with Crippen LogP contribution in [0.3, 0.4) is 0 Å². The summed E-state index contributed by atoms with van der Waals surface area (Å²) >= 11 is 0. The molecule has 1 heterocycles. The lowest BCUT2D eigenvalue weighted by molar-refractivity contribution is 0.319. The first-order chi connectivity index (χ1) is 10.00. The molecule has 0 atom stereocenters. The summed E-state index contributed by atoms with van der Waals surface area (Å²) in [6.07, 6.45) is 0.368. The Bertz CT molecular complexity index is 733. The van der Waals surface area contributed by atoms with Crippen LogP contribution >= 0.6 is 0 Å². The monoisotopic (exact) mass is 312 g/mol. The molecule has 21 heavy (non-hydrogen) atoms. The van der Waals surface area contributed by atoms with Gasteiger partial charge in [-0.05, 0) is 5.56 Å². The third-order valence-electron chi connectivity index (χ3n) is 2.86. The van der Waals surface area contributed by atoms with Crippen LogP contribution in [0.2, 0.25) is 0 Å². The molecule has 2 rings (SSSR count). The zero-order chi connectivity index (χ0) is 15.3. The Balaban J connectivity index is 2.04. The third-order valence-corrected chi connectivity index (χ3v) is 4.47. The topological polar surface area (TPSA) is 102 Å². The summed E-state index contributed by atoms with van der Waals surface area (Å²) in [5.41, 5.74) is 0.943. The van der Waals surface area contributed by atoms with E-state index in [2.05, 4.69) is 5.10 Å². The molecule has 0 unspecified atom stereocenters. The maximum atomic E-state index is 11.6. The Morgan fingerprint density at radius 3 is 2.57 bits per heavy atom. The molecule has 7 nitrogen and oxygen atoms in total. The molecule has 0 radical (unpaired) electrons. The number of aryl methyl sites for hydroxylation is 1. The summed E-state index contributed by atoms with van der Waals surface area (Å²) in [6.45, 7) is -0.519. The maximum absolute atomic E-state index is 11.6. The normalized spacial score (nSPS) is 11.7. The van der Waals surface area contributed by atoms with Crippen molar-refractivity contribution >= 4 is 9.84 Å². The molecule has 2 aromatic rings. The number of aliphatic hydroxyl groups excluding tert-OH is 1. The second-order valence-electron chi connectivity index (χ2n) is 4.52. The van der Waals surface area contributed by atoms with E-state index in [0.29, 0.717) is 6.42 Å². The fourth-order valence-electron chi connectivity index (χ4n) is 1.80. The molecule has 0 spiro atoms. The van der Waals surface area contributed by atoms with E-state index in [-0.39, 0.29) is 23.9 Å². The number of hydrogen-bond donors (Lipinski definition) is 1. The lowest BCUT2D eigenvalue weighted by atomic mass is 10.2. The zero-order valence-electron chi connectivity index (χ0n) is 11.3. The number of aromatic nitrogens is 2. The van der Waals surface area contributed by atoms with E-state index in [4.69, 9.17) is 9.52 Å². The van der Waals surface area contributed by atoms with Crippen molar-refractivity contribution in [3.05, 3.63) is 52.3 Å². The van der Waals surface area contributed by atoms with Gasteiger partial charge in [-0.1, -0.05) is 30.3 Å². The van der Waals surface area contributed by atoms with Gasteiger partial charge in [0.1, 0.15) is 0 Å². The predicted octanol–water partition coefficient (Wildman–Crippen LogP) is -0.166. The lowest BCUT2D eigenvalue weighted by Crippen LogP contribution is -2.23. The first kappa shape index (κ1) is 15.5. The van der Waals surface area contributed by atoms with Crippen LogP contribution < -0.4 is 5.76 Å². The highest BCUT2D eigenvalue weighted by Gasteiger charge is 2.14. The van der Waals surface area contributed by atoms with Gasteiger partial charge in [-0.15, -0.1) is 5.10 Å². The first-order valence-electron chi connectivity index (χ1n) is 6.42. The lowest BCUT2D eigenvalue weighted by Gasteiger charge is -2.00. The fraction of sp³-hybridized carbons (Fsp3) is 0.385. The number of hydrogen-bond acceptors (Lipinski definition) is 6. The molecular formula is C13H16N2O5S. The van der Waals surface area contributed by atoms with Crippen LogP contribution in [0.5, 0.6) is 0 Å². The molecule has 0 aliphatic carbocycles. The minimum Gasteiger partial charge on any atom is -0.395 e. The quantitative estimate of drug-likeness (QED) is 0.762. The molecule has 8 heteroatoms. The molecule has 0 saturated carbocycles. The van der Waals surface area contributed by atoms with Gasteiger partial charge in [0.25, 0.3) is 0 Å². The standard InChI is InChI=1S/C13H16N2O5S/c16-7-9-21(18,19)8-6-15-13(17)20-12(14-15)10-11-4-2-1-3-5-11/h1-5,16H,6-10H2. The summed E-state index contributed by atoms with van der Waals surface area (Å²) in [7, 11) is -3.39. The Morgan fingerprint density at radius 1 is 1.19 bits per heavy atom. The van der Waals surface area contributed by atoms with E-state index in [1.807, 2.05) is 30.3 Å². The van der Waals surface area contributed by atoms with Crippen molar-refractivity contribution < 1.29 is 17.9 Å². The van der Waals surface area contributed by atoms with Crippen LogP contribution in [0.25, 0.3) is 0 Å². The maximum Gasteiger partial charge on any atom is 0.437 e. The molecule has 0 bridgehead atoms. The van der Waals surface area contributed by atoms with Gasteiger partial charge in [-0.2, -0.15) is 4.68 Å². The minimum absolute atomic E-state index is 0.0839. The third kappa shape index (κ3) is 4.54. The van der Waals surface area contributed by atoms with E-state index in [1.165, 1.54) is 0 Å². The van der Waals surface area contributed by atoms with Crippen molar-refractivity contribution in [3.63, 3.8) is 0 Å². The zero-order valence-corrected chi connectivity index (χ0v) is 12.1. The van der Waals surface area contributed by atoms with Crippen LogP contribution in [0.15, 0.2) is 39.5 Å². The van der Waals surface area contributed by atoms with E-state index >= 15 is 0 Å². The van der Waals surface area contributed by atoms with Crippen LogP contribution in [0.4, 0.5) is 0 Å². The summed E-state index contributed by atoms with van der Waals surface area (Å²) in [5.74, 6) is -1.02. The number of aliphatic hydroxyl groups is 1. The van der Waals surface area contributed by atoms with Gasteiger partial charge in [-0.25, -0.2) is 13.2 Å². The molecule has 0 fully saturated rings. The highest BCUT2D eigenvalue weighted by molar-refractivity contribution is 7.91. The largest absolute Gasteiger partial charge is 0.437 e.